The van der Waals surface area contributed by atoms with Gasteiger partial charge in [-0.15, -0.1) is 0 Å². The number of benzene rings is 1. The quantitative estimate of drug-likeness (QED) is 0.531. The number of aliphatic hydroxyl groups is 1. The lowest BCUT2D eigenvalue weighted by Crippen LogP contribution is -2.37. The molecule has 2 N–H and O–H groups in total. The molecular formula is C22H24N6O2. The smallest absolute Gasteiger partial charge is 0.159 e. The summed E-state index contributed by atoms with van der Waals surface area (Å²) in [5.74, 6) is 2.16. The third-order valence-electron chi connectivity index (χ3n) is 5.39. The molecule has 1 saturated heterocycles. The van der Waals surface area contributed by atoms with Gasteiger partial charge in [-0.05, 0) is 19.1 Å². The lowest BCUT2D eigenvalue weighted by atomic mass is 10.1. The summed E-state index contributed by atoms with van der Waals surface area (Å²) >= 11 is 0. The molecule has 0 saturated carbocycles. The fraction of sp³-hybridized carbons (Fsp3) is 0.318. The summed E-state index contributed by atoms with van der Waals surface area (Å²) in [6, 6.07) is 12.2. The van der Waals surface area contributed by atoms with Crippen molar-refractivity contribution in [1.82, 2.24) is 24.7 Å². The van der Waals surface area contributed by atoms with Crippen molar-refractivity contribution in [2.24, 2.45) is 0 Å². The number of ether oxygens (including phenoxy) is 1. The molecule has 4 heterocycles. The van der Waals surface area contributed by atoms with E-state index in [2.05, 4.69) is 38.1 Å². The summed E-state index contributed by atoms with van der Waals surface area (Å²) in [4.78, 5) is 14.8. The minimum atomic E-state index is 0.00465. The van der Waals surface area contributed by atoms with Crippen LogP contribution >= 0.6 is 0 Å². The first-order valence-electron chi connectivity index (χ1n) is 10.2. The first-order chi connectivity index (χ1) is 14.7. The summed E-state index contributed by atoms with van der Waals surface area (Å²) in [6.07, 6.45) is 2.40. The van der Waals surface area contributed by atoms with Crippen molar-refractivity contribution in [3.63, 3.8) is 0 Å². The van der Waals surface area contributed by atoms with Crippen LogP contribution in [0.5, 0.6) is 0 Å². The maximum atomic E-state index is 9.43. The van der Waals surface area contributed by atoms with E-state index < -0.39 is 0 Å². The molecule has 0 atom stereocenters. The Bertz CT molecular complexity index is 1180. The number of morpholine rings is 1. The maximum Gasteiger partial charge on any atom is 0.159 e. The standard InChI is InChI=1S/C22H24N6O2/c1-15-12-19(17-14-23-18-5-3-2-4-16(17)18)26-28(15)22-13-21(24-20(25-22)6-9-29)27-7-10-30-11-8-27/h2-5,12-14,23,29H,6-11H2,1H3. The van der Waals surface area contributed by atoms with E-state index in [0.29, 0.717) is 31.3 Å². The van der Waals surface area contributed by atoms with Gasteiger partial charge in [0.2, 0.25) is 0 Å². The molecule has 1 aromatic carbocycles. The molecule has 8 heteroatoms. The molecular weight excluding hydrogens is 380 g/mol. The van der Waals surface area contributed by atoms with Crippen LogP contribution in [0.3, 0.4) is 0 Å². The highest BCUT2D eigenvalue weighted by Gasteiger charge is 2.18. The Morgan fingerprint density at radius 2 is 1.90 bits per heavy atom. The number of aryl methyl sites for hydroxylation is 1. The number of rotatable bonds is 5. The SMILES string of the molecule is Cc1cc(-c2c[nH]c3ccccc23)nn1-c1cc(N2CCOCC2)nc(CCO)n1. The number of anilines is 1. The zero-order chi connectivity index (χ0) is 20.5. The number of hydrogen-bond donors (Lipinski definition) is 2. The Labute approximate surface area is 174 Å². The molecule has 0 unspecified atom stereocenters. The molecule has 4 aromatic rings. The minimum absolute atomic E-state index is 0.00465. The largest absolute Gasteiger partial charge is 0.396 e. The summed E-state index contributed by atoms with van der Waals surface area (Å²) in [6.45, 7) is 4.96. The number of aliphatic hydroxyl groups excluding tert-OH is 1. The number of hydrogen-bond acceptors (Lipinski definition) is 6. The number of nitrogens with zero attached hydrogens (tertiary/aromatic N) is 5. The van der Waals surface area contributed by atoms with E-state index in [1.807, 2.05) is 36.0 Å². The lowest BCUT2D eigenvalue weighted by Gasteiger charge is -2.28. The van der Waals surface area contributed by atoms with Crippen LogP contribution in [0.4, 0.5) is 5.82 Å². The van der Waals surface area contributed by atoms with Crippen molar-refractivity contribution in [1.29, 1.82) is 0 Å². The van der Waals surface area contributed by atoms with Crippen molar-refractivity contribution in [2.45, 2.75) is 13.3 Å². The van der Waals surface area contributed by atoms with Gasteiger partial charge in [-0.2, -0.15) is 5.10 Å². The number of para-hydroxylation sites is 1. The van der Waals surface area contributed by atoms with Crippen LogP contribution in [0.25, 0.3) is 28.0 Å². The van der Waals surface area contributed by atoms with Gasteiger partial charge in [-0.3, -0.25) is 0 Å². The Kier molecular flexibility index (Phi) is 4.94. The first kappa shape index (κ1) is 18.8. The third kappa shape index (κ3) is 3.44. The van der Waals surface area contributed by atoms with Crippen LogP contribution in [0, 0.1) is 6.92 Å². The molecule has 1 aliphatic heterocycles. The molecule has 3 aromatic heterocycles. The molecule has 154 valence electrons. The second-order valence-electron chi connectivity index (χ2n) is 7.40. The molecule has 0 radical (unpaired) electrons. The molecule has 30 heavy (non-hydrogen) atoms. The number of aromatic nitrogens is 5. The Morgan fingerprint density at radius 3 is 2.73 bits per heavy atom. The monoisotopic (exact) mass is 404 g/mol. The van der Waals surface area contributed by atoms with Gasteiger partial charge < -0.3 is 19.7 Å². The van der Waals surface area contributed by atoms with E-state index >= 15 is 0 Å². The zero-order valence-corrected chi connectivity index (χ0v) is 16.9. The van der Waals surface area contributed by atoms with Crippen molar-refractivity contribution in [2.75, 3.05) is 37.8 Å². The van der Waals surface area contributed by atoms with E-state index in [0.717, 1.165) is 46.8 Å². The predicted molar refractivity (Wildman–Crippen MR) is 115 cm³/mol. The van der Waals surface area contributed by atoms with E-state index in [1.165, 1.54) is 0 Å². The van der Waals surface area contributed by atoms with Gasteiger partial charge in [0.1, 0.15) is 11.6 Å². The van der Waals surface area contributed by atoms with Gasteiger partial charge in [0, 0.05) is 53.9 Å². The van der Waals surface area contributed by atoms with Crippen molar-refractivity contribution in [3.8, 4) is 17.1 Å². The predicted octanol–water partition coefficient (Wildman–Crippen LogP) is 2.49. The summed E-state index contributed by atoms with van der Waals surface area (Å²) in [7, 11) is 0. The number of aromatic amines is 1. The van der Waals surface area contributed by atoms with Crippen molar-refractivity contribution < 1.29 is 9.84 Å². The van der Waals surface area contributed by atoms with E-state index in [9.17, 15) is 5.11 Å². The molecule has 8 nitrogen and oxygen atoms in total. The average Bonchev–Trinajstić information content (AvgIpc) is 3.38. The zero-order valence-electron chi connectivity index (χ0n) is 16.9. The molecule has 1 aliphatic rings. The molecule has 1 fully saturated rings. The highest BCUT2D eigenvalue weighted by atomic mass is 16.5. The Morgan fingerprint density at radius 1 is 1.10 bits per heavy atom. The summed E-state index contributed by atoms with van der Waals surface area (Å²) in [5.41, 5.74) is 4.02. The van der Waals surface area contributed by atoms with E-state index in [1.54, 1.807) is 0 Å². The molecule has 0 amide bonds. The molecule has 0 aliphatic carbocycles. The normalized spacial score (nSPS) is 14.5. The van der Waals surface area contributed by atoms with Crippen LogP contribution < -0.4 is 4.90 Å². The Hall–Kier alpha value is -3.23. The van der Waals surface area contributed by atoms with Crippen LogP contribution in [-0.4, -0.2) is 62.7 Å². The van der Waals surface area contributed by atoms with E-state index in [-0.39, 0.29) is 6.61 Å². The van der Waals surface area contributed by atoms with Crippen LogP contribution in [0.2, 0.25) is 0 Å². The third-order valence-corrected chi connectivity index (χ3v) is 5.39. The van der Waals surface area contributed by atoms with Crippen LogP contribution in [-0.2, 0) is 11.2 Å². The van der Waals surface area contributed by atoms with Gasteiger partial charge in [-0.25, -0.2) is 14.6 Å². The fourth-order valence-corrected chi connectivity index (χ4v) is 3.87. The van der Waals surface area contributed by atoms with Crippen molar-refractivity contribution in [3.05, 3.63) is 54.1 Å². The fourth-order valence-electron chi connectivity index (χ4n) is 3.87. The van der Waals surface area contributed by atoms with Gasteiger partial charge in [0.25, 0.3) is 0 Å². The Balaban J connectivity index is 1.57. The van der Waals surface area contributed by atoms with Gasteiger partial charge >= 0.3 is 0 Å². The lowest BCUT2D eigenvalue weighted by molar-refractivity contribution is 0.122. The second-order valence-corrected chi connectivity index (χ2v) is 7.40. The van der Waals surface area contributed by atoms with Gasteiger partial charge in [0.05, 0.1) is 25.5 Å². The van der Waals surface area contributed by atoms with E-state index in [4.69, 9.17) is 9.84 Å². The maximum absolute atomic E-state index is 9.43. The van der Waals surface area contributed by atoms with Crippen LogP contribution in [0.1, 0.15) is 11.5 Å². The number of H-pyrrole nitrogens is 1. The second kappa shape index (κ2) is 7.89. The topological polar surface area (TPSA) is 92.1 Å². The van der Waals surface area contributed by atoms with Gasteiger partial charge in [-0.1, -0.05) is 18.2 Å². The molecule has 5 rings (SSSR count). The van der Waals surface area contributed by atoms with Crippen LogP contribution in [0.15, 0.2) is 42.6 Å². The van der Waals surface area contributed by atoms with Gasteiger partial charge in [0.15, 0.2) is 5.82 Å². The number of nitrogens with one attached hydrogen (secondary N) is 1. The highest BCUT2D eigenvalue weighted by molar-refractivity contribution is 5.94. The highest BCUT2D eigenvalue weighted by Crippen LogP contribution is 2.29. The first-order valence-corrected chi connectivity index (χ1v) is 10.2. The average molecular weight is 404 g/mol. The molecule has 0 bridgehead atoms. The number of fused-ring (bicyclic) bond motifs is 1. The summed E-state index contributed by atoms with van der Waals surface area (Å²) in [5, 5.41) is 15.4. The van der Waals surface area contributed by atoms with Crippen molar-refractivity contribution >= 4 is 16.7 Å². The summed E-state index contributed by atoms with van der Waals surface area (Å²) < 4.78 is 7.32. The minimum Gasteiger partial charge on any atom is -0.396 e. The molecule has 0 spiro atoms.